The Morgan fingerprint density at radius 2 is 1.63 bits per heavy atom. The van der Waals surface area contributed by atoms with Crippen LogP contribution in [0.2, 0.25) is 0 Å². The molecule has 0 aliphatic carbocycles. The van der Waals surface area contributed by atoms with Crippen LogP contribution < -0.4 is 32.3 Å². The molecule has 8 amide bonds. The highest BCUT2D eigenvalue weighted by Crippen LogP contribution is 2.27. The molecule has 0 saturated carbocycles. The van der Waals surface area contributed by atoms with E-state index in [0.717, 1.165) is 11.1 Å². The molecule has 7 atom stereocenters. The first kappa shape index (κ1) is 45.6. The van der Waals surface area contributed by atoms with Crippen LogP contribution in [0.15, 0.2) is 60.5 Å². The highest BCUT2D eigenvalue weighted by atomic mass is 32.2. The lowest BCUT2D eigenvalue weighted by atomic mass is 10.0. The minimum absolute atomic E-state index is 0.00917. The van der Waals surface area contributed by atoms with Crippen LogP contribution in [0.5, 0.6) is 11.5 Å². The number of aliphatic carboxylic acids is 1. The van der Waals surface area contributed by atoms with Crippen molar-refractivity contribution in [3.05, 3.63) is 71.6 Å². The smallest absolute Gasteiger partial charge is 0.327 e. The number of imide groups is 1. The number of nitrogens with two attached hydrogens (primary N) is 1. The van der Waals surface area contributed by atoms with E-state index in [0.29, 0.717) is 16.9 Å². The second-order valence-electron chi connectivity index (χ2n) is 14.1. The van der Waals surface area contributed by atoms with Crippen molar-refractivity contribution in [3.63, 3.8) is 0 Å². The van der Waals surface area contributed by atoms with E-state index in [9.17, 15) is 54.0 Å². The van der Waals surface area contributed by atoms with Crippen molar-refractivity contribution in [1.29, 1.82) is 0 Å². The summed E-state index contributed by atoms with van der Waals surface area (Å²) in [6.45, 7) is 1.47. The summed E-state index contributed by atoms with van der Waals surface area (Å²) in [6.07, 6.45) is 0.281. The number of hydrogen-bond donors (Lipinski definition) is 10. The number of nitrogens with zero attached hydrogens (tertiary/aromatic N) is 2. The number of aliphatic hydroxyl groups excluding tert-OH is 1. The van der Waals surface area contributed by atoms with Crippen LogP contribution in [0.4, 0.5) is 9.59 Å². The molecule has 0 aromatic heterocycles. The number of carbonyl (C=O) groups is 7. The lowest BCUT2D eigenvalue weighted by Crippen LogP contribution is -2.62. The Hall–Kier alpha value is -6.06. The van der Waals surface area contributed by atoms with Crippen molar-refractivity contribution in [3.8, 4) is 11.5 Å². The fourth-order valence-electron chi connectivity index (χ4n) is 6.37. The molecule has 2 heterocycles. The van der Waals surface area contributed by atoms with E-state index in [1.165, 1.54) is 61.0 Å². The Bertz CT molecular complexity index is 1920. The fourth-order valence-corrected chi connectivity index (χ4v) is 6.84. The number of phenolic OH excluding ortho intramolecular Hbond substituents is 2. The topological polar surface area (TPSA) is 302 Å². The number of carboxylic acids is 1. The molecule has 11 N–H and O–H groups in total. The molecule has 21 heteroatoms. The number of rotatable bonds is 18. The lowest BCUT2D eigenvalue weighted by molar-refractivity contribution is -0.139. The van der Waals surface area contributed by atoms with Crippen molar-refractivity contribution in [2.75, 3.05) is 25.6 Å². The summed E-state index contributed by atoms with van der Waals surface area (Å²) in [5.41, 5.74) is 7.26. The largest absolute Gasteiger partial charge is 0.508 e. The number of carboxylic acid groups (broad SMARTS) is 1. The van der Waals surface area contributed by atoms with Crippen LogP contribution in [0.1, 0.15) is 37.3 Å². The molecule has 2 saturated heterocycles. The number of hydrogen-bond acceptors (Lipinski definition) is 13. The number of likely N-dealkylation sites (N-methyl/N-ethyl adjacent to an activating group) is 1. The summed E-state index contributed by atoms with van der Waals surface area (Å²) in [4.78, 5) is 93.0. The zero-order chi connectivity index (χ0) is 43.4. The maximum absolute atomic E-state index is 13.9. The third kappa shape index (κ3) is 13.0. The third-order valence-electron chi connectivity index (χ3n) is 9.67. The number of aliphatic hydroxyl groups is 1. The summed E-state index contributed by atoms with van der Waals surface area (Å²) in [5.74, 6) is -3.87. The zero-order valence-corrected chi connectivity index (χ0v) is 33.4. The van der Waals surface area contributed by atoms with Gasteiger partial charge in [-0.15, -0.1) is 0 Å². The van der Waals surface area contributed by atoms with E-state index in [1.54, 1.807) is 24.5 Å². The first-order chi connectivity index (χ1) is 28.0. The Kier molecular flexibility index (Phi) is 16.3. The van der Waals surface area contributed by atoms with E-state index >= 15 is 0 Å². The highest BCUT2D eigenvalue weighted by Gasteiger charge is 2.41. The predicted molar refractivity (Wildman–Crippen MR) is 212 cm³/mol. The number of carbonyl (C=O) groups excluding carboxylic acids is 6. The maximum atomic E-state index is 13.9. The number of phenols is 2. The van der Waals surface area contributed by atoms with Crippen LogP contribution >= 0.6 is 11.8 Å². The average Bonchev–Trinajstić information content (AvgIpc) is 3.55. The molecule has 2 fully saturated rings. The SMILES string of the molecule is CSCCC(NC(=O)NC(Cc1cccc(O)c1)C(=O)O)C(=O)NC(C(=O)N/C=C1\CC(O)C(N2CCC(=O)NC2=O)O1)C(C)N(C)C(=O)C(N)Cc1cccc(O)c1. The van der Waals surface area contributed by atoms with E-state index < -0.39 is 84.2 Å². The molecular formula is C38H50N8O12S. The lowest BCUT2D eigenvalue weighted by Gasteiger charge is -2.34. The van der Waals surface area contributed by atoms with E-state index in [-0.39, 0.29) is 55.9 Å². The number of urea groups is 2. The van der Waals surface area contributed by atoms with Gasteiger partial charge in [0.25, 0.3) is 0 Å². The normalized spacial score (nSPS) is 19.6. The highest BCUT2D eigenvalue weighted by molar-refractivity contribution is 7.98. The Morgan fingerprint density at radius 3 is 2.22 bits per heavy atom. The van der Waals surface area contributed by atoms with Gasteiger partial charge in [0.1, 0.15) is 41.5 Å². The summed E-state index contributed by atoms with van der Waals surface area (Å²) in [5, 5.41) is 52.2. The molecule has 7 unspecified atom stereocenters. The van der Waals surface area contributed by atoms with E-state index in [1.807, 2.05) is 0 Å². The Labute approximate surface area is 343 Å². The number of nitrogens with one attached hydrogen (secondary N) is 5. The van der Waals surface area contributed by atoms with Crippen molar-refractivity contribution in [1.82, 2.24) is 36.4 Å². The van der Waals surface area contributed by atoms with Crippen molar-refractivity contribution in [2.24, 2.45) is 5.73 Å². The second-order valence-corrected chi connectivity index (χ2v) is 15.1. The molecule has 2 aromatic rings. The van der Waals surface area contributed by atoms with Crippen LogP contribution in [0, 0.1) is 0 Å². The standard InChI is InChI=1S/C38H50N8O12S/c1-20(45(2)34(53)26(39)16-21-6-4-8-23(47)14-21)31(33(52)40-19-25-18-29(49)35(58-25)46-12-10-30(50)43-38(46)57)44-32(51)27(11-13-59-3)41-37(56)42-28(36(54)55)17-22-7-5-9-24(48)15-22/h4-9,14-15,19-20,26-29,31,35,47-49H,10-13,16-18,39H2,1-3H3,(H,40,52)(H,44,51)(H,54,55)(H2,41,42,56)(H,43,50,57)/b25-19+. The summed E-state index contributed by atoms with van der Waals surface area (Å²) >= 11 is 1.36. The molecule has 0 spiro atoms. The summed E-state index contributed by atoms with van der Waals surface area (Å²) < 4.78 is 5.74. The predicted octanol–water partition coefficient (Wildman–Crippen LogP) is -0.577. The van der Waals surface area contributed by atoms with Gasteiger partial charge in [0, 0.05) is 39.1 Å². The van der Waals surface area contributed by atoms with Crippen LogP contribution in [0.25, 0.3) is 0 Å². The molecule has 20 nitrogen and oxygen atoms in total. The zero-order valence-electron chi connectivity index (χ0n) is 32.6. The average molecular weight is 843 g/mol. The molecule has 2 aliphatic heterocycles. The van der Waals surface area contributed by atoms with Gasteiger partial charge in [0.2, 0.25) is 29.9 Å². The molecule has 320 valence electrons. The van der Waals surface area contributed by atoms with E-state index in [2.05, 4.69) is 26.6 Å². The van der Waals surface area contributed by atoms with Gasteiger partial charge < -0.3 is 57.1 Å². The molecule has 0 bridgehead atoms. The Balaban J connectivity index is 1.53. The first-order valence-corrected chi connectivity index (χ1v) is 20.0. The molecule has 0 radical (unpaired) electrons. The maximum Gasteiger partial charge on any atom is 0.327 e. The van der Waals surface area contributed by atoms with Gasteiger partial charge in [-0.25, -0.2) is 14.4 Å². The van der Waals surface area contributed by atoms with Gasteiger partial charge in [-0.3, -0.25) is 29.4 Å². The van der Waals surface area contributed by atoms with Crippen LogP contribution in [-0.2, 0) is 41.6 Å². The number of ether oxygens (including phenoxy) is 1. The molecule has 2 aliphatic rings. The minimum atomic E-state index is -1.51. The molecular weight excluding hydrogens is 793 g/mol. The second kappa shape index (κ2) is 21.1. The number of thioether (sulfide) groups is 1. The van der Waals surface area contributed by atoms with E-state index in [4.69, 9.17) is 10.5 Å². The molecule has 2 aromatic carbocycles. The Morgan fingerprint density at radius 1 is 1.00 bits per heavy atom. The summed E-state index contributed by atoms with van der Waals surface area (Å²) in [6, 6.07) is 3.80. The monoisotopic (exact) mass is 842 g/mol. The fraction of sp³-hybridized carbons (Fsp3) is 0.447. The van der Waals surface area contributed by atoms with Crippen molar-refractivity contribution in [2.45, 2.75) is 81.6 Å². The van der Waals surface area contributed by atoms with Crippen molar-refractivity contribution >= 4 is 53.4 Å². The van der Waals surface area contributed by atoms with Gasteiger partial charge in [-0.05, 0) is 67.2 Å². The van der Waals surface area contributed by atoms with Gasteiger partial charge in [0.05, 0.1) is 12.1 Å². The number of amides is 8. The molecule has 4 rings (SSSR count). The number of benzene rings is 2. The van der Waals surface area contributed by atoms with Gasteiger partial charge in [-0.2, -0.15) is 11.8 Å². The summed E-state index contributed by atoms with van der Waals surface area (Å²) in [7, 11) is 1.38. The van der Waals surface area contributed by atoms with Gasteiger partial charge in [0.15, 0.2) is 0 Å². The third-order valence-corrected chi connectivity index (χ3v) is 10.3. The van der Waals surface area contributed by atoms with Gasteiger partial charge >= 0.3 is 18.0 Å². The molecule has 59 heavy (non-hydrogen) atoms. The first-order valence-electron chi connectivity index (χ1n) is 18.6. The van der Waals surface area contributed by atoms with Crippen molar-refractivity contribution < 1.29 is 58.7 Å². The van der Waals surface area contributed by atoms with Crippen LogP contribution in [0.3, 0.4) is 0 Å². The van der Waals surface area contributed by atoms with Crippen LogP contribution in [-0.4, -0.2) is 140 Å². The quantitative estimate of drug-likeness (QED) is 0.0899. The minimum Gasteiger partial charge on any atom is -0.508 e. The van der Waals surface area contributed by atoms with Gasteiger partial charge in [-0.1, -0.05) is 24.3 Å². The number of aromatic hydroxyl groups is 2.